The lowest BCUT2D eigenvalue weighted by atomic mass is 10.1. The molecule has 0 unspecified atom stereocenters. The summed E-state index contributed by atoms with van der Waals surface area (Å²) in [6.07, 6.45) is 1.16. The van der Waals surface area contributed by atoms with Crippen molar-refractivity contribution in [3.8, 4) is 5.75 Å². The number of aromatic nitrogens is 3. The van der Waals surface area contributed by atoms with Crippen LogP contribution in [0.1, 0.15) is 11.3 Å². The van der Waals surface area contributed by atoms with Gasteiger partial charge in [0.1, 0.15) is 11.5 Å². The molecule has 9 heteroatoms. The molecule has 1 heterocycles. The molecule has 2 aromatic rings. The van der Waals surface area contributed by atoms with Gasteiger partial charge in [-0.25, -0.2) is 0 Å². The van der Waals surface area contributed by atoms with Gasteiger partial charge in [-0.1, -0.05) is 12.1 Å². The summed E-state index contributed by atoms with van der Waals surface area (Å²) in [6, 6.07) is 6.69. The largest absolute Gasteiger partial charge is 0.507 e. The van der Waals surface area contributed by atoms with E-state index in [0.29, 0.717) is 16.0 Å². The Balaban J connectivity index is 0.00000220. The van der Waals surface area contributed by atoms with Crippen molar-refractivity contribution >= 4 is 30.2 Å². The van der Waals surface area contributed by atoms with Crippen LogP contribution in [0, 0.1) is 0 Å². The molecule has 1 aromatic heterocycles. The molecule has 0 atom stereocenters. The van der Waals surface area contributed by atoms with Gasteiger partial charge >= 0.3 is 0 Å². The number of hydrogen-bond donors (Lipinski definition) is 3. The summed E-state index contributed by atoms with van der Waals surface area (Å²) < 4.78 is 5.70. The second kappa shape index (κ2) is 6.62. The first kappa shape index (κ1) is 16.3. The third kappa shape index (κ3) is 3.42. The molecule has 1 aromatic carbocycles. The summed E-state index contributed by atoms with van der Waals surface area (Å²) in [6.45, 7) is 0. The number of benzene rings is 1. The van der Waals surface area contributed by atoms with E-state index in [2.05, 4.69) is 10.2 Å². The fourth-order valence-electron chi connectivity index (χ4n) is 1.51. The Morgan fingerprint density at radius 3 is 2.81 bits per heavy atom. The van der Waals surface area contributed by atoms with Crippen molar-refractivity contribution in [2.24, 2.45) is 0 Å². The first-order valence-electron chi connectivity index (χ1n) is 5.58. The number of aliphatic hydroxyl groups is 1. The lowest BCUT2D eigenvalue weighted by molar-refractivity contribution is 0.414. The Hall–Kier alpha value is -2.74. The van der Waals surface area contributed by atoms with Crippen molar-refractivity contribution in [3.05, 3.63) is 45.9 Å². The predicted octanol–water partition coefficient (Wildman–Crippen LogP) is 0.421. The van der Waals surface area contributed by atoms with Crippen molar-refractivity contribution in [3.63, 3.8) is 0 Å². The Labute approximate surface area is 126 Å². The Bertz CT molecular complexity index is 729. The zero-order valence-electron chi connectivity index (χ0n) is 11.1. The Morgan fingerprint density at radius 1 is 1.43 bits per heavy atom. The van der Waals surface area contributed by atoms with Crippen LogP contribution in [-0.2, 0) is 0 Å². The minimum atomic E-state index is -0.660. The maximum absolute atomic E-state index is 11.8. The van der Waals surface area contributed by atoms with Crippen LogP contribution in [0.5, 0.6) is 5.75 Å². The minimum Gasteiger partial charge on any atom is -0.507 e. The van der Waals surface area contributed by atoms with E-state index in [1.54, 1.807) is 24.3 Å². The average Bonchev–Trinajstić information content (AvgIpc) is 2.48. The molecule has 2 rings (SSSR count). The molecule has 21 heavy (non-hydrogen) atoms. The van der Waals surface area contributed by atoms with E-state index < -0.39 is 5.56 Å². The summed E-state index contributed by atoms with van der Waals surface area (Å²) >= 11 is 0. The third-order valence-electron chi connectivity index (χ3n) is 2.58. The van der Waals surface area contributed by atoms with Crippen molar-refractivity contribution in [2.45, 2.75) is 0 Å². The SMILES string of the molecule is COc1cccc(C(O)=Cc2nnc(N)n(N)c2=O)c1.Cl. The van der Waals surface area contributed by atoms with Crippen LogP contribution in [0.2, 0.25) is 0 Å². The van der Waals surface area contributed by atoms with Gasteiger partial charge in [-0.15, -0.1) is 22.6 Å². The number of anilines is 1. The van der Waals surface area contributed by atoms with E-state index in [1.165, 1.54) is 7.11 Å². The molecule has 0 saturated carbocycles. The highest BCUT2D eigenvalue weighted by atomic mass is 35.5. The molecule has 0 spiro atoms. The highest BCUT2D eigenvalue weighted by Crippen LogP contribution is 2.19. The van der Waals surface area contributed by atoms with Crippen LogP contribution < -0.4 is 21.9 Å². The van der Waals surface area contributed by atoms with Gasteiger partial charge in [-0.05, 0) is 12.1 Å². The Kier molecular flexibility index (Phi) is 5.14. The summed E-state index contributed by atoms with van der Waals surface area (Å²) in [4.78, 5) is 11.8. The maximum atomic E-state index is 11.8. The van der Waals surface area contributed by atoms with E-state index >= 15 is 0 Å². The van der Waals surface area contributed by atoms with E-state index in [0.717, 1.165) is 6.08 Å². The van der Waals surface area contributed by atoms with Crippen molar-refractivity contribution in [2.75, 3.05) is 18.7 Å². The van der Waals surface area contributed by atoms with Gasteiger partial charge in [-0.3, -0.25) is 4.79 Å². The van der Waals surface area contributed by atoms with Gasteiger partial charge in [0.05, 0.1) is 7.11 Å². The van der Waals surface area contributed by atoms with E-state index in [9.17, 15) is 9.90 Å². The maximum Gasteiger partial charge on any atom is 0.299 e. The number of hydrogen-bond acceptors (Lipinski definition) is 7. The summed E-state index contributed by atoms with van der Waals surface area (Å²) in [5.74, 6) is 5.58. The second-order valence-corrected chi connectivity index (χ2v) is 3.88. The number of rotatable bonds is 3. The molecule has 112 valence electrons. The standard InChI is InChI=1S/C12H13N5O3.ClH/c1-20-8-4-2-3-7(5-8)10(18)6-9-11(19)17(14)12(13)16-15-9;/h2-6,18H,14H2,1H3,(H2,13,16);1H. The van der Waals surface area contributed by atoms with Crippen LogP contribution in [0.15, 0.2) is 29.1 Å². The number of methoxy groups -OCH3 is 1. The van der Waals surface area contributed by atoms with E-state index in [1.807, 2.05) is 0 Å². The van der Waals surface area contributed by atoms with E-state index in [-0.39, 0.29) is 29.8 Å². The summed E-state index contributed by atoms with van der Waals surface area (Å²) in [7, 11) is 1.51. The lowest BCUT2D eigenvalue weighted by Gasteiger charge is -2.04. The minimum absolute atomic E-state index is 0. The molecule has 5 N–H and O–H groups in total. The highest BCUT2D eigenvalue weighted by Gasteiger charge is 2.08. The molecular weight excluding hydrogens is 298 g/mol. The van der Waals surface area contributed by atoms with Gasteiger partial charge in [0.25, 0.3) is 5.56 Å². The van der Waals surface area contributed by atoms with Crippen LogP contribution in [-0.4, -0.2) is 27.1 Å². The van der Waals surface area contributed by atoms with Gasteiger partial charge in [0.15, 0.2) is 5.69 Å². The Morgan fingerprint density at radius 2 is 2.14 bits per heavy atom. The summed E-state index contributed by atoms with van der Waals surface area (Å²) in [5.41, 5.74) is 5.01. The third-order valence-corrected chi connectivity index (χ3v) is 2.58. The zero-order valence-corrected chi connectivity index (χ0v) is 11.9. The lowest BCUT2D eigenvalue weighted by Crippen LogP contribution is -2.33. The molecule has 0 aliphatic heterocycles. The van der Waals surface area contributed by atoms with Crippen LogP contribution in [0.3, 0.4) is 0 Å². The molecule has 0 fully saturated rings. The quantitative estimate of drug-likeness (QED) is 0.553. The fraction of sp³-hybridized carbons (Fsp3) is 0.0833. The zero-order chi connectivity index (χ0) is 14.7. The first-order valence-corrected chi connectivity index (χ1v) is 5.58. The number of nitrogens with two attached hydrogens (primary N) is 2. The number of nitrogens with zero attached hydrogens (tertiary/aromatic N) is 3. The number of aliphatic hydroxyl groups excluding tert-OH is 1. The van der Waals surface area contributed by atoms with Crippen molar-refractivity contribution < 1.29 is 9.84 Å². The topological polar surface area (TPSA) is 129 Å². The van der Waals surface area contributed by atoms with Gasteiger partial charge in [0, 0.05) is 11.6 Å². The molecule has 0 bridgehead atoms. The monoisotopic (exact) mass is 311 g/mol. The number of ether oxygens (including phenoxy) is 1. The van der Waals surface area contributed by atoms with Gasteiger partial charge in [0.2, 0.25) is 5.95 Å². The van der Waals surface area contributed by atoms with Crippen LogP contribution in [0.4, 0.5) is 5.95 Å². The molecule has 0 amide bonds. The molecule has 8 nitrogen and oxygen atoms in total. The molecule has 0 saturated heterocycles. The van der Waals surface area contributed by atoms with E-state index in [4.69, 9.17) is 16.3 Å². The normalized spacial score (nSPS) is 10.8. The predicted molar refractivity (Wildman–Crippen MR) is 81.6 cm³/mol. The summed E-state index contributed by atoms with van der Waals surface area (Å²) in [5, 5.41) is 17.1. The molecular formula is C12H14ClN5O3. The first-order chi connectivity index (χ1) is 9.52. The number of halogens is 1. The van der Waals surface area contributed by atoms with Crippen molar-refractivity contribution in [1.82, 2.24) is 14.9 Å². The van der Waals surface area contributed by atoms with Gasteiger partial charge in [-0.2, -0.15) is 4.68 Å². The highest BCUT2D eigenvalue weighted by molar-refractivity contribution is 5.85. The van der Waals surface area contributed by atoms with Crippen molar-refractivity contribution in [1.29, 1.82) is 0 Å². The molecule has 0 radical (unpaired) electrons. The molecule has 0 aliphatic rings. The average molecular weight is 312 g/mol. The fourth-order valence-corrected chi connectivity index (χ4v) is 1.51. The smallest absolute Gasteiger partial charge is 0.299 e. The van der Waals surface area contributed by atoms with Crippen LogP contribution >= 0.6 is 12.4 Å². The van der Waals surface area contributed by atoms with Gasteiger partial charge < -0.3 is 21.4 Å². The number of nitrogen functional groups attached to an aromatic ring is 2. The second-order valence-electron chi connectivity index (χ2n) is 3.88. The molecule has 0 aliphatic carbocycles. The van der Waals surface area contributed by atoms with Crippen LogP contribution in [0.25, 0.3) is 11.8 Å².